The standard InChI is InChI=1S/C17H25N5O/c1-13-16(14(2)22(4)21-13)12-20-17(18-3)19-10-11-23-15-8-6-5-7-9-15/h5-9H,10-12H2,1-4H3,(H2,18,19,20). The number of hydrogen-bond donors (Lipinski definition) is 2. The number of para-hydroxylation sites is 1. The van der Waals surface area contributed by atoms with E-state index < -0.39 is 0 Å². The molecule has 6 heteroatoms. The lowest BCUT2D eigenvalue weighted by Crippen LogP contribution is -2.39. The van der Waals surface area contributed by atoms with E-state index in [2.05, 4.69) is 27.6 Å². The zero-order valence-electron chi connectivity index (χ0n) is 14.3. The number of ether oxygens (including phenoxy) is 1. The van der Waals surface area contributed by atoms with Crippen LogP contribution in [-0.2, 0) is 13.6 Å². The highest BCUT2D eigenvalue weighted by Gasteiger charge is 2.09. The van der Waals surface area contributed by atoms with Crippen LogP contribution in [0.1, 0.15) is 17.0 Å². The first-order chi connectivity index (χ1) is 11.1. The third-order valence-corrected chi connectivity index (χ3v) is 3.72. The van der Waals surface area contributed by atoms with Gasteiger partial charge in [-0.25, -0.2) is 0 Å². The average molecular weight is 315 g/mol. The minimum Gasteiger partial charge on any atom is -0.492 e. The summed E-state index contributed by atoms with van der Waals surface area (Å²) in [5.41, 5.74) is 3.41. The van der Waals surface area contributed by atoms with Gasteiger partial charge in [0.25, 0.3) is 0 Å². The molecule has 1 heterocycles. The van der Waals surface area contributed by atoms with Gasteiger partial charge in [0.15, 0.2) is 5.96 Å². The fourth-order valence-corrected chi connectivity index (χ4v) is 2.32. The lowest BCUT2D eigenvalue weighted by molar-refractivity contribution is 0.322. The molecule has 0 bridgehead atoms. The van der Waals surface area contributed by atoms with Crippen molar-refractivity contribution in [2.75, 3.05) is 20.2 Å². The van der Waals surface area contributed by atoms with Crippen LogP contribution in [0.25, 0.3) is 0 Å². The molecule has 0 unspecified atom stereocenters. The van der Waals surface area contributed by atoms with Crippen molar-refractivity contribution in [1.82, 2.24) is 20.4 Å². The van der Waals surface area contributed by atoms with Gasteiger partial charge in [-0.15, -0.1) is 0 Å². The van der Waals surface area contributed by atoms with Crippen LogP contribution in [0.4, 0.5) is 0 Å². The number of hydrogen-bond acceptors (Lipinski definition) is 3. The van der Waals surface area contributed by atoms with E-state index in [9.17, 15) is 0 Å². The van der Waals surface area contributed by atoms with Gasteiger partial charge in [-0.05, 0) is 26.0 Å². The molecule has 0 amide bonds. The molecule has 0 saturated heterocycles. The predicted octanol–water partition coefficient (Wildman–Crippen LogP) is 1.78. The smallest absolute Gasteiger partial charge is 0.191 e. The van der Waals surface area contributed by atoms with E-state index in [0.29, 0.717) is 19.7 Å². The summed E-state index contributed by atoms with van der Waals surface area (Å²) in [5.74, 6) is 1.63. The van der Waals surface area contributed by atoms with Gasteiger partial charge in [0, 0.05) is 31.9 Å². The van der Waals surface area contributed by atoms with Gasteiger partial charge in [-0.3, -0.25) is 9.67 Å². The number of nitrogens with one attached hydrogen (secondary N) is 2. The average Bonchev–Trinajstić information content (AvgIpc) is 2.80. The maximum Gasteiger partial charge on any atom is 0.191 e. The molecule has 23 heavy (non-hydrogen) atoms. The topological polar surface area (TPSA) is 63.5 Å². The quantitative estimate of drug-likeness (QED) is 0.484. The number of aromatic nitrogens is 2. The second-order valence-electron chi connectivity index (χ2n) is 5.29. The first-order valence-corrected chi connectivity index (χ1v) is 7.73. The maximum absolute atomic E-state index is 5.65. The zero-order chi connectivity index (χ0) is 16.7. The Hall–Kier alpha value is -2.50. The monoisotopic (exact) mass is 315 g/mol. The second-order valence-corrected chi connectivity index (χ2v) is 5.29. The van der Waals surface area contributed by atoms with Gasteiger partial charge in [-0.1, -0.05) is 18.2 Å². The van der Waals surface area contributed by atoms with E-state index in [1.807, 2.05) is 49.0 Å². The number of aliphatic imine (C=N–C) groups is 1. The van der Waals surface area contributed by atoms with Gasteiger partial charge >= 0.3 is 0 Å². The summed E-state index contributed by atoms with van der Waals surface area (Å²) in [6.45, 7) is 6.05. The highest BCUT2D eigenvalue weighted by molar-refractivity contribution is 5.79. The molecule has 0 radical (unpaired) electrons. The van der Waals surface area contributed by atoms with Gasteiger partial charge in [-0.2, -0.15) is 5.10 Å². The molecule has 0 aliphatic rings. The first kappa shape index (κ1) is 16.9. The van der Waals surface area contributed by atoms with Crippen LogP contribution in [-0.4, -0.2) is 35.9 Å². The van der Waals surface area contributed by atoms with E-state index >= 15 is 0 Å². The van der Waals surface area contributed by atoms with Crippen LogP contribution in [0.3, 0.4) is 0 Å². The molecule has 1 aromatic carbocycles. The summed E-state index contributed by atoms with van der Waals surface area (Å²) >= 11 is 0. The van der Waals surface area contributed by atoms with E-state index in [1.54, 1.807) is 7.05 Å². The minimum atomic E-state index is 0.579. The number of nitrogens with zero attached hydrogens (tertiary/aromatic N) is 3. The summed E-state index contributed by atoms with van der Waals surface area (Å²) in [6, 6.07) is 9.78. The third kappa shape index (κ3) is 4.74. The van der Waals surface area contributed by atoms with Crippen LogP contribution in [0, 0.1) is 13.8 Å². The Morgan fingerprint density at radius 1 is 1.22 bits per heavy atom. The van der Waals surface area contributed by atoms with Crippen molar-refractivity contribution in [3.8, 4) is 5.75 Å². The Kier molecular flexibility index (Phi) is 6.02. The summed E-state index contributed by atoms with van der Waals surface area (Å²) in [5, 5.41) is 11.0. The normalized spacial score (nSPS) is 11.4. The number of aryl methyl sites for hydroxylation is 2. The Bertz CT molecular complexity index is 649. The molecule has 0 aliphatic carbocycles. The first-order valence-electron chi connectivity index (χ1n) is 7.73. The van der Waals surface area contributed by atoms with Crippen LogP contribution in [0.2, 0.25) is 0 Å². The SMILES string of the molecule is CN=C(NCCOc1ccccc1)NCc1c(C)nn(C)c1C. The molecular weight excluding hydrogens is 290 g/mol. The van der Waals surface area contributed by atoms with Crippen molar-refractivity contribution in [2.24, 2.45) is 12.0 Å². The van der Waals surface area contributed by atoms with E-state index in [0.717, 1.165) is 23.1 Å². The highest BCUT2D eigenvalue weighted by atomic mass is 16.5. The van der Waals surface area contributed by atoms with Crippen molar-refractivity contribution in [3.05, 3.63) is 47.3 Å². The van der Waals surface area contributed by atoms with E-state index in [4.69, 9.17) is 4.74 Å². The number of benzene rings is 1. The molecule has 0 spiro atoms. The summed E-state index contributed by atoms with van der Waals surface area (Å²) in [6.07, 6.45) is 0. The molecule has 6 nitrogen and oxygen atoms in total. The van der Waals surface area contributed by atoms with Crippen molar-refractivity contribution >= 4 is 5.96 Å². The van der Waals surface area contributed by atoms with Crippen LogP contribution in [0.15, 0.2) is 35.3 Å². The summed E-state index contributed by atoms with van der Waals surface area (Å²) < 4.78 is 7.55. The third-order valence-electron chi connectivity index (χ3n) is 3.72. The van der Waals surface area contributed by atoms with Crippen molar-refractivity contribution in [1.29, 1.82) is 0 Å². The van der Waals surface area contributed by atoms with Gasteiger partial charge in [0.2, 0.25) is 0 Å². The number of guanidine groups is 1. The molecule has 0 fully saturated rings. The van der Waals surface area contributed by atoms with Gasteiger partial charge in [0.1, 0.15) is 12.4 Å². The maximum atomic E-state index is 5.65. The second kappa shape index (κ2) is 8.22. The molecule has 2 aromatic rings. The van der Waals surface area contributed by atoms with E-state index in [-0.39, 0.29) is 0 Å². The Morgan fingerprint density at radius 2 is 1.96 bits per heavy atom. The predicted molar refractivity (Wildman–Crippen MR) is 92.8 cm³/mol. The Balaban J connectivity index is 1.75. The van der Waals surface area contributed by atoms with Crippen molar-refractivity contribution in [3.63, 3.8) is 0 Å². The Labute approximate surface area is 137 Å². The van der Waals surface area contributed by atoms with Crippen LogP contribution < -0.4 is 15.4 Å². The molecule has 0 atom stereocenters. The van der Waals surface area contributed by atoms with E-state index in [1.165, 1.54) is 5.56 Å². The van der Waals surface area contributed by atoms with Crippen LogP contribution >= 0.6 is 0 Å². The lowest BCUT2D eigenvalue weighted by atomic mass is 10.2. The highest BCUT2D eigenvalue weighted by Crippen LogP contribution is 2.11. The summed E-state index contributed by atoms with van der Waals surface area (Å²) in [4.78, 5) is 4.23. The largest absolute Gasteiger partial charge is 0.492 e. The lowest BCUT2D eigenvalue weighted by Gasteiger charge is -2.12. The van der Waals surface area contributed by atoms with Crippen LogP contribution in [0.5, 0.6) is 5.75 Å². The van der Waals surface area contributed by atoms with Crippen molar-refractivity contribution < 1.29 is 4.74 Å². The Morgan fingerprint density at radius 3 is 2.57 bits per heavy atom. The molecular formula is C17H25N5O. The van der Waals surface area contributed by atoms with Gasteiger partial charge in [0.05, 0.1) is 12.2 Å². The molecule has 0 saturated carbocycles. The van der Waals surface area contributed by atoms with Crippen molar-refractivity contribution in [2.45, 2.75) is 20.4 Å². The molecule has 1 aromatic heterocycles. The summed E-state index contributed by atoms with van der Waals surface area (Å²) in [7, 11) is 3.72. The molecule has 124 valence electrons. The molecule has 2 N–H and O–H groups in total. The number of rotatable bonds is 6. The molecule has 2 rings (SSSR count). The zero-order valence-corrected chi connectivity index (χ0v) is 14.3. The van der Waals surface area contributed by atoms with Gasteiger partial charge < -0.3 is 15.4 Å². The fraction of sp³-hybridized carbons (Fsp3) is 0.412. The minimum absolute atomic E-state index is 0.579. The molecule has 0 aliphatic heterocycles. The fourth-order valence-electron chi connectivity index (χ4n) is 2.32.